The summed E-state index contributed by atoms with van der Waals surface area (Å²) in [5.41, 5.74) is 1.61. The first kappa shape index (κ1) is 20.2. The third-order valence-electron chi connectivity index (χ3n) is 4.89. The molecule has 2 heterocycles. The molecule has 1 aromatic heterocycles. The number of methoxy groups -OCH3 is 1. The van der Waals surface area contributed by atoms with Gasteiger partial charge in [-0.05, 0) is 24.3 Å². The lowest BCUT2D eigenvalue weighted by molar-refractivity contribution is -0.116. The van der Waals surface area contributed by atoms with Crippen LogP contribution < -0.4 is 10.1 Å². The van der Waals surface area contributed by atoms with Crippen LogP contribution >= 0.6 is 11.6 Å². The van der Waals surface area contributed by atoms with Crippen molar-refractivity contribution in [2.45, 2.75) is 6.54 Å². The molecule has 9 heteroatoms. The first-order valence-electron chi connectivity index (χ1n) is 9.53. The molecule has 1 aliphatic rings. The number of rotatable bonds is 5. The van der Waals surface area contributed by atoms with Crippen LogP contribution in [0.2, 0.25) is 5.02 Å². The molecule has 1 fully saturated rings. The lowest BCUT2D eigenvalue weighted by Gasteiger charge is -2.26. The van der Waals surface area contributed by atoms with Crippen LogP contribution in [0.3, 0.4) is 0 Å². The van der Waals surface area contributed by atoms with Crippen molar-refractivity contribution in [3.05, 3.63) is 53.2 Å². The molecule has 1 N–H and O–H groups in total. The maximum Gasteiger partial charge on any atom is 0.275 e. The van der Waals surface area contributed by atoms with E-state index >= 15 is 0 Å². The Bertz CT molecular complexity index is 1090. The number of benzene rings is 2. The third kappa shape index (κ3) is 4.10. The van der Waals surface area contributed by atoms with E-state index in [2.05, 4.69) is 10.4 Å². The lowest BCUT2D eigenvalue weighted by atomic mass is 10.2. The van der Waals surface area contributed by atoms with Gasteiger partial charge in [0, 0.05) is 24.2 Å². The second kappa shape index (κ2) is 8.73. The Morgan fingerprint density at radius 3 is 2.70 bits per heavy atom. The number of aromatic nitrogens is 2. The monoisotopic (exact) mass is 428 g/mol. The SMILES string of the molecule is COc1ccc(NC(=O)Cn2nc(C(=O)N3CCOCC3)c3ccccc32)cc1Cl. The van der Waals surface area contributed by atoms with E-state index < -0.39 is 0 Å². The molecule has 0 saturated carbocycles. The second-order valence-electron chi connectivity index (χ2n) is 6.83. The molecule has 3 aromatic rings. The van der Waals surface area contributed by atoms with Gasteiger partial charge in [-0.3, -0.25) is 14.3 Å². The van der Waals surface area contributed by atoms with Crippen molar-refractivity contribution < 1.29 is 19.1 Å². The molecule has 8 nitrogen and oxygen atoms in total. The van der Waals surface area contributed by atoms with E-state index in [4.69, 9.17) is 21.1 Å². The van der Waals surface area contributed by atoms with Gasteiger partial charge < -0.3 is 19.7 Å². The van der Waals surface area contributed by atoms with E-state index in [9.17, 15) is 9.59 Å². The smallest absolute Gasteiger partial charge is 0.275 e. The molecule has 0 unspecified atom stereocenters. The van der Waals surface area contributed by atoms with Gasteiger partial charge in [0.2, 0.25) is 5.91 Å². The Morgan fingerprint density at radius 1 is 1.20 bits per heavy atom. The van der Waals surface area contributed by atoms with Crippen molar-refractivity contribution in [3.63, 3.8) is 0 Å². The van der Waals surface area contributed by atoms with Crippen molar-refractivity contribution >= 4 is 40.0 Å². The van der Waals surface area contributed by atoms with Crippen LogP contribution in [0.15, 0.2) is 42.5 Å². The average molecular weight is 429 g/mol. The highest BCUT2D eigenvalue weighted by atomic mass is 35.5. The van der Waals surface area contributed by atoms with Gasteiger partial charge in [-0.2, -0.15) is 5.10 Å². The van der Waals surface area contributed by atoms with Gasteiger partial charge in [-0.15, -0.1) is 0 Å². The van der Waals surface area contributed by atoms with Crippen molar-refractivity contribution in [2.75, 3.05) is 38.7 Å². The topological polar surface area (TPSA) is 85.7 Å². The Labute approximate surface area is 178 Å². The van der Waals surface area contributed by atoms with Crippen LogP contribution in [-0.4, -0.2) is 59.9 Å². The standard InChI is InChI=1S/C21H21ClN4O4/c1-29-18-7-6-14(12-16(18)22)23-19(27)13-26-17-5-3-2-4-15(17)20(24-26)21(28)25-8-10-30-11-9-25/h2-7,12H,8-11,13H2,1H3,(H,23,27). The zero-order chi connectivity index (χ0) is 21.1. The predicted molar refractivity (Wildman–Crippen MR) is 113 cm³/mol. The zero-order valence-electron chi connectivity index (χ0n) is 16.4. The molecule has 2 aromatic carbocycles. The zero-order valence-corrected chi connectivity index (χ0v) is 17.2. The first-order chi connectivity index (χ1) is 14.6. The number of morpholine rings is 1. The second-order valence-corrected chi connectivity index (χ2v) is 7.23. The molecule has 1 aliphatic heterocycles. The Morgan fingerprint density at radius 2 is 1.97 bits per heavy atom. The summed E-state index contributed by atoms with van der Waals surface area (Å²) < 4.78 is 12.0. The number of nitrogens with zero attached hydrogens (tertiary/aromatic N) is 3. The number of halogens is 1. The van der Waals surface area contributed by atoms with Crippen LogP contribution in [0.25, 0.3) is 10.9 Å². The van der Waals surface area contributed by atoms with E-state index in [1.54, 1.807) is 27.8 Å². The Kier molecular flexibility index (Phi) is 5.87. The number of hydrogen-bond donors (Lipinski definition) is 1. The van der Waals surface area contributed by atoms with Gasteiger partial charge in [0.15, 0.2) is 5.69 Å². The van der Waals surface area contributed by atoms with Crippen LogP contribution in [-0.2, 0) is 16.1 Å². The summed E-state index contributed by atoms with van der Waals surface area (Å²) in [5, 5.41) is 8.38. The minimum Gasteiger partial charge on any atom is -0.495 e. The molecule has 30 heavy (non-hydrogen) atoms. The van der Waals surface area contributed by atoms with Gasteiger partial charge in [0.1, 0.15) is 12.3 Å². The van der Waals surface area contributed by atoms with Crippen LogP contribution in [0.4, 0.5) is 5.69 Å². The molecule has 0 atom stereocenters. The summed E-state index contributed by atoms with van der Waals surface area (Å²) in [4.78, 5) is 27.3. The number of amides is 2. The minimum absolute atomic E-state index is 0.0411. The maximum absolute atomic E-state index is 13.0. The highest BCUT2D eigenvalue weighted by molar-refractivity contribution is 6.32. The molecule has 1 saturated heterocycles. The molecule has 156 valence electrons. The van der Waals surface area contributed by atoms with Crippen LogP contribution in [0.1, 0.15) is 10.5 Å². The molecule has 0 aliphatic carbocycles. The number of carbonyl (C=O) groups excluding carboxylic acids is 2. The molecular weight excluding hydrogens is 408 g/mol. The van der Waals surface area contributed by atoms with Gasteiger partial charge in [-0.25, -0.2) is 0 Å². The summed E-state index contributed by atoms with van der Waals surface area (Å²) in [6.07, 6.45) is 0. The Balaban J connectivity index is 1.56. The highest BCUT2D eigenvalue weighted by Crippen LogP contribution is 2.27. The largest absolute Gasteiger partial charge is 0.495 e. The molecule has 0 bridgehead atoms. The van der Waals surface area contributed by atoms with Gasteiger partial charge in [-0.1, -0.05) is 29.8 Å². The number of nitrogens with one attached hydrogen (secondary N) is 1. The summed E-state index contributed by atoms with van der Waals surface area (Å²) in [6.45, 7) is 2.03. The predicted octanol–water partition coefficient (Wildman–Crippen LogP) is 2.81. The molecule has 2 amide bonds. The summed E-state index contributed by atoms with van der Waals surface area (Å²) in [6, 6.07) is 12.4. The molecule has 0 radical (unpaired) electrons. The lowest BCUT2D eigenvalue weighted by Crippen LogP contribution is -2.41. The van der Waals surface area contributed by atoms with E-state index in [0.29, 0.717) is 53.8 Å². The van der Waals surface area contributed by atoms with E-state index in [1.165, 1.54) is 7.11 Å². The fraction of sp³-hybridized carbons (Fsp3) is 0.286. The molecular formula is C21H21ClN4O4. The summed E-state index contributed by atoms with van der Waals surface area (Å²) in [5.74, 6) is 0.0875. The quantitative estimate of drug-likeness (QED) is 0.675. The molecule has 0 spiro atoms. The average Bonchev–Trinajstić information content (AvgIpc) is 3.12. The maximum atomic E-state index is 13.0. The fourth-order valence-corrected chi connectivity index (χ4v) is 3.66. The van der Waals surface area contributed by atoms with Crippen molar-refractivity contribution in [3.8, 4) is 5.75 Å². The molecule has 4 rings (SSSR count). The van der Waals surface area contributed by atoms with E-state index in [0.717, 1.165) is 5.52 Å². The van der Waals surface area contributed by atoms with Crippen molar-refractivity contribution in [1.82, 2.24) is 14.7 Å². The highest BCUT2D eigenvalue weighted by Gasteiger charge is 2.24. The Hall–Kier alpha value is -3.10. The summed E-state index contributed by atoms with van der Waals surface area (Å²) in [7, 11) is 1.53. The van der Waals surface area contributed by atoms with Gasteiger partial charge in [0.25, 0.3) is 5.91 Å². The van der Waals surface area contributed by atoms with Crippen molar-refractivity contribution in [1.29, 1.82) is 0 Å². The number of para-hydroxylation sites is 1. The fourth-order valence-electron chi connectivity index (χ4n) is 3.40. The number of carbonyl (C=O) groups is 2. The van der Waals surface area contributed by atoms with Crippen molar-refractivity contribution in [2.24, 2.45) is 0 Å². The van der Waals surface area contributed by atoms with E-state index in [1.807, 2.05) is 24.3 Å². The number of anilines is 1. The van der Waals surface area contributed by atoms with Gasteiger partial charge >= 0.3 is 0 Å². The van der Waals surface area contributed by atoms with E-state index in [-0.39, 0.29) is 18.4 Å². The number of fused-ring (bicyclic) bond motifs is 1. The van der Waals surface area contributed by atoms with Gasteiger partial charge in [0.05, 0.1) is 30.9 Å². The van der Waals surface area contributed by atoms with Crippen LogP contribution in [0, 0.1) is 0 Å². The number of hydrogen-bond acceptors (Lipinski definition) is 5. The number of ether oxygens (including phenoxy) is 2. The van der Waals surface area contributed by atoms with Crippen LogP contribution in [0.5, 0.6) is 5.75 Å². The normalized spacial score (nSPS) is 14.0. The first-order valence-corrected chi connectivity index (χ1v) is 9.90. The summed E-state index contributed by atoms with van der Waals surface area (Å²) >= 11 is 6.12. The third-order valence-corrected chi connectivity index (χ3v) is 5.18. The minimum atomic E-state index is -0.283.